The third-order valence-corrected chi connectivity index (χ3v) is 3.75. The van der Waals surface area contributed by atoms with Crippen molar-refractivity contribution in [3.05, 3.63) is 29.6 Å². The van der Waals surface area contributed by atoms with E-state index in [1.807, 2.05) is 6.07 Å². The minimum Gasteiger partial charge on any atom is -0.494 e. The van der Waals surface area contributed by atoms with Crippen LogP contribution in [-0.2, 0) is 0 Å². The summed E-state index contributed by atoms with van der Waals surface area (Å²) in [6.07, 6.45) is 2.32. The van der Waals surface area contributed by atoms with Gasteiger partial charge in [-0.2, -0.15) is 0 Å². The molecule has 2 rings (SSSR count). The Bertz CT molecular complexity index is 407. The molecule has 0 radical (unpaired) electrons. The highest BCUT2D eigenvalue weighted by atomic mass is 19.1. The number of nitrogens with one attached hydrogen (secondary N) is 1. The first-order chi connectivity index (χ1) is 8.67. The smallest absolute Gasteiger partial charge is 0.165 e. The molecule has 1 fully saturated rings. The van der Waals surface area contributed by atoms with Crippen molar-refractivity contribution in [1.29, 1.82) is 0 Å². The van der Waals surface area contributed by atoms with Crippen LogP contribution in [0, 0.1) is 17.7 Å². The Labute approximate surface area is 109 Å². The molecule has 1 aromatic carbocycles. The van der Waals surface area contributed by atoms with E-state index in [2.05, 4.69) is 19.2 Å². The van der Waals surface area contributed by atoms with Crippen molar-refractivity contribution in [2.24, 2.45) is 11.8 Å². The molecule has 1 aromatic rings. The first kappa shape index (κ1) is 13.3. The lowest BCUT2D eigenvalue weighted by Crippen LogP contribution is -2.24. The van der Waals surface area contributed by atoms with Gasteiger partial charge in [0.25, 0.3) is 0 Å². The molecule has 0 amide bonds. The summed E-state index contributed by atoms with van der Waals surface area (Å²) in [6, 6.07) is 5.58. The molecule has 1 aliphatic rings. The zero-order valence-electron chi connectivity index (χ0n) is 11.4. The minimum atomic E-state index is -0.272. The fourth-order valence-electron chi connectivity index (χ4n) is 2.51. The molecule has 3 heteroatoms. The van der Waals surface area contributed by atoms with Crippen molar-refractivity contribution in [3.63, 3.8) is 0 Å². The standard InChI is InChI=1S/C15H22FNO/c1-4-7-17-15(12-8-10(12)2)11-5-6-14(18-3)13(16)9-11/h5-6,9-10,12,15,17H,4,7-8H2,1-3H3. The molecular formula is C15H22FNO. The third kappa shape index (κ3) is 2.83. The molecule has 0 aromatic heterocycles. The van der Waals surface area contributed by atoms with E-state index in [0.29, 0.717) is 11.7 Å². The maximum absolute atomic E-state index is 13.8. The molecule has 0 bridgehead atoms. The summed E-state index contributed by atoms with van der Waals surface area (Å²) in [5.41, 5.74) is 1.04. The molecule has 0 heterocycles. The zero-order chi connectivity index (χ0) is 13.1. The molecule has 0 aliphatic heterocycles. The molecular weight excluding hydrogens is 229 g/mol. The fourth-order valence-corrected chi connectivity index (χ4v) is 2.51. The second-order valence-electron chi connectivity index (χ2n) is 5.20. The summed E-state index contributed by atoms with van der Waals surface area (Å²) in [5, 5.41) is 3.54. The van der Waals surface area contributed by atoms with Crippen LogP contribution in [0.4, 0.5) is 4.39 Å². The highest BCUT2D eigenvalue weighted by Crippen LogP contribution is 2.47. The van der Waals surface area contributed by atoms with Gasteiger partial charge in [-0.15, -0.1) is 0 Å². The van der Waals surface area contributed by atoms with Crippen LogP contribution < -0.4 is 10.1 Å². The number of rotatable bonds is 6. The van der Waals surface area contributed by atoms with E-state index in [-0.39, 0.29) is 11.9 Å². The largest absolute Gasteiger partial charge is 0.494 e. The molecule has 0 spiro atoms. The summed E-state index contributed by atoms with van der Waals surface area (Å²) >= 11 is 0. The van der Waals surface area contributed by atoms with Gasteiger partial charge in [-0.05, 0) is 48.9 Å². The van der Waals surface area contributed by atoms with E-state index in [0.717, 1.165) is 24.4 Å². The van der Waals surface area contributed by atoms with E-state index >= 15 is 0 Å². The molecule has 1 saturated carbocycles. The van der Waals surface area contributed by atoms with E-state index in [9.17, 15) is 4.39 Å². The van der Waals surface area contributed by atoms with E-state index in [4.69, 9.17) is 4.74 Å². The van der Waals surface area contributed by atoms with Gasteiger partial charge in [0.15, 0.2) is 11.6 Å². The van der Waals surface area contributed by atoms with Crippen molar-refractivity contribution in [3.8, 4) is 5.75 Å². The van der Waals surface area contributed by atoms with Gasteiger partial charge in [0.05, 0.1) is 7.11 Å². The van der Waals surface area contributed by atoms with Crippen LogP contribution in [0.25, 0.3) is 0 Å². The number of hydrogen-bond acceptors (Lipinski definition) is 2. The summed E-state index contributed by atoms with van der Waals surface area (Å²) < 4.78 is 18.7. The van der Waals surface area contributed by atoms with Crippen molar-refractivity contribution in [2.45, 2.75) is 32.7 Å². The minimum absolute atomic E-state index is 0.272. The average molecular weight is 251 g/mol. The summed E-state index contributed by atoms with van der Waals surface area (Å²) in [4.78, 5) is 0. The van der Waals surface area contributed by atoms with Crippen LogP contribution in [0.15, 0.2) is 18.2 Å². The van der Waals surface area contributed by atoms with Crippen molar-refractivity contribution in [2.75, 3.05) is 13.7 Å². The molecule has 18 heavy (non-hydrogen) atoms. The monoisotopic (exact) mass is 251 g/mol. The normalized spacial score (nSPS) is 23.8. The van der Waals surface area contributed by atoms with Gasteiger partial charge in [0.1, 0.15) is 0 Å². The predicted octanol–water partition coefficient (Wildman–Crippen LogP) is 3.53. The van der Waals surface area contributed by atoms with Gasteiger partial charge in [0, 0.05) is 6.04 Å². The Hall–Kier alpha value is -1.09. The molecule has 1 aliphatic carbocycles. The van der Waals surface area contributed by atoms with Crippen molar-refractivity contribution >= 4 is 0 Å². The van der Waals surface area contributed by atoms with Crippen LogP contribution in [0.5, 0.6) is 5.75 Å². The average Bonchev–Trinajstić information content (AvgIpc) is 3.07. The number of hydrogen-bond donors (Lipinski definition) is 1. The topological polar surface area (TPSA) is 21.3 Å². The van der Waals surface area contributed by atoms with Crippen molar-refractivity contribution in [1.82, 2.24) is 5.32 Å². The molecule has 3 unspecified atom stereocenters. The molecule has 2 nitrogen and oxygen atoms in total. The highest BCUT2D eigenvalue weighted by Gasteiger charge is 2.39. The number of halogens is 1. The second-order valence-corrected chi connectivity index (χ2v) is 5.20. The first-order valence-electron chi connectivity index (χ1n) is 6.74. The first-order valence-corrected chi connectivity index (χ1v) is 6.74. The number of methoxy groups -OCH3 is 1. The maximum atomic E-state index is 13.8. The number of ether oxygens (including phenoxy) is 1. The summed E-state index contributed by atoms with van der Waals surface area (Å²) in [5.74, 6) is 1.43. The Balaban J connectivity index is 2.16. The zero-order valence-corrected chi connectivity index (χ0v) is 11.4. The lowest BCUT2D eigenvalue weighted by atomic mass is 10.0. The van der Waals surface area contributed by atoms with Gasteiger partial charge in [-0.1, -0.05) is 19.9 Å². The predicted molar refractivity (Wildman–Crippen MR) is 71.3 cm³/mol. The molecule has 1 N–H and O–H groups in total. The Morgan fingerprint density at radius 1 is 1.50 bits per heavy atom. The SMILES string of the molecule is CCCNC(c1ccc(OC)c(F)c1)C1CC1C. The van der Waals surface area contributed by atoms with Gasteiger partial charge >= 0.3 is 0 Å². The molecule has 100 valence electrons. The quantitative estimate of drug-likeness (QED) is 0.835. The highest BCUT2D eigenvalue weighted by molar-refractivity contribution is 5.32. The lowest BCUT2D eigenvalue weighted by molar-refractivity contribution is 0.384. The molecule has 0 saturated heterocycles. The van der Waals surface area contributed by atoms with Gasteiger partial charge in [0.2, 0.25) is 0 Å². The molecule has 3 atom stereocenters. The second kappa shape index (κ2) is 5.70. The summed E-state index contributed by atoms with van der Waals surface area (Å²) in [6.45, 7) is 5.38. The van der Waals surface area contributed by atoms with E-state index in [1.54, 1.807) is 12.1 Å². The van der Waals surface area contributed by atoms with Gasteiger partial charge in [-0.3, -0.25) is 0 Å². The Morgan fingerprint density at radius 2 is 2.22 bits per heavy atom. The Kier molecular flexibility index (Phi) is 4.23. The fraction of sp³-hybridized carbons (Fsp3) is 0.600. The summed E-state index contributed by atoms with van der Waals surface area (Å²) in [7, 11) is 1.49. The van der Waals surface area contributed by atoms with Crippen LogP contribution in [0.2, 0.25) is 0 Å². The van der Waals surface area contributed by atoms with E-state index < -0.39 is 0 Å². The van der Waals surface area contributed by atoms with Crippen LogP contribution in [0.1, 0.15) is 38.3 Å². The van der Waals surface area contributed by atoms with Crippen LogP contribution in [0.3, 0.4) is 0 Å². The Morgan fingerprint density at radius 3 is 2.72 bits per heavy atom. The maximum Gasteiger partial charge on any atom is 0.165 e. The third-order valence-electron chi connectivity index (χ3n) is 3.75. The number of benzene rings is 1. The lowest BCUT2D eigenvalue weighted by Gasteiger charge is -2.19. The van der Waals surface area contributed by atoms with E-state index in [1.165, 1.54) is 13.5 Å². The van der Waals surface area contributed by atoms with Crippen molar-refractivity contribution < 1.29 is 9.13 Å². The van der Waals surface area contributed by atoms with Gasteiger partial charge in [-0.25, -0.2) is 4.39 Å². The van der Waals surface area contributed by atoms with Crippen LogP contribution >= 0.6 is 0 Å². The van der Waals surface area contributed by atoms with Crippen LogP contribution in [-0.4, -0.2) is 13.7 Å². The van der Waals surface area contributed by atoms with Gasteiger partial charge < -0.3 is 10.1 Å².